The Morgan fingerprint density at radius 3 is 2.33 bits per heavy atom. The van der Waals surface area contributed by atoms with E-state index < -0.39 is 0 Å². The van der Waals surface area contributed by atoms with Crippen molar-refractivity contribution in [2.24, 2.45) is 0 Å². The molecule has 0 saturated heterocycles. The van der Waals surface area contributed by atoms with Gasteiger partial charge in [-0.25, -0.2) is 0 Å². The zero-order valence-corrected chi connectivity index (χ0v) is 11.6. The van der Waals surface area contributed by atoms with Crippen molar-refractivity contribution >= 4 is 21.7 Å². The summed E-state index contributed by atoms with van der Waals surface area (Å²) in [5.74, 6) is 0.268. The molecule has 18 heavy (non-hydrogen) atoms. The Labute approximate surface area is 115 Å². The zero-order chi connectivity index (χ0) is 12.8. The molecular formula is C15H14BrNO. The van der Waals surface area contributed by atoms with Crippen LogP contribution in [0.2, 0.25) is 0 Å². The smallest absolute Gasteiger partial charge is 0.137 e. The van der Waals surface area contributed by atoms with Crippen molar-refractivity contribution in [3.63, 3.8) is 0 Å². The number of carbonyl (C=O) groups is 1. The van der Waals surface area contributed by atoms with Crippen molar-refractivity contribution in [1.82, 2.24) is 4.98 Å². The lowest BCUT2D eigenvalue weighted by Crippen LogP contribution is -2.04. The molecule has 0 spiro atoms. The molecule has 2 aromatic rings. The standard InChI is InChI=1S/C15H14BrNO/c16-14-4-1-12(2-5-14)3-6-15(18)11-13-7-9-17-10-8-13/h1-2,4-5,7-10H,3,6,11H2. The van der Waals surface area contributed by atoms with Gasteiger partial charge in [0.15, 0.2) is 0 Å². The maximum absolute atomic E-state index is 11.8. The predicted octanol–water partition coefficient (Wildman–Crippen LogP) is 3.59. The van der Waals surface area contributed by atoms with E-state index in [-0.39, 0.29) is 5.78 Å². The van der Waals surface area contributed by atoms with Crippen molar-refractivity contribution in [1.29, 1.82) is 0 Å². The molecule has 0 saturated carbocycles. The van der Waals surface area contributed by atoms with Crippen LogP contribution in [0.15, 0.2) is 53.3 Å². The molecule has 0 amide bonds. The van der Waals surface area contributed by atoms with Crippen molar-refractivity contribution in [3.05, 3.63) is 64.4 Å². The summed E-state index contributed by atoms with van der Waals surface area (Å²) in [4.78, 5) is 15.8. The molecule has 0 aliphatic carbocycles. The number of nitrogens with zero attached hydrogens (tertiary/aromatic N) is 1. The van der Waals surface area contributed by atoms with Crippen molar-refractivity contribution < 1.29 is 4.79 Å². The van der Waals surface area contributed by atoms with E-state index in [2.05, 4.69) is 20.9 Å². The van der Waals surface area contributed by atoms with Crippen LogP contribution in [0.1, 0.15) is 17.5 Å². The monoisotopic (exact) mass is 303 g/mol. The summed E-state index contributed by atoms with van der Waals surface area (Å²) in [5, 5.41) is 0. The highest BCUT2D eigenvalue weighted by atomic mass is 79.9. The molecule has 1 aromatic carbocycles. The number of halogens is 1. The summed E-state index contributed by atoms with van der Waals surface area (Å²) in [7, 11) is 0. The first-order valence-electron chi connectivity index (χ1n) is 5.89. The molecule has 3 heteroatoms. The number of rotatable bonds is 5. The normalized spacial score (nSPS) is 10.3. The summed E-state index contributed by atoms with van der Waals surface area (Å²) in [6.45, 7) is 0. The highest BCUT2D eigenvalue weighted by molar-refractivity contribution is 9.10. The largest absolute Gasteiger partial charge is 0.299 e. The van der Waals surface area contributed by atoms with Gasteiger partial charge in [-0.3, -0.25) is 9.78 Å². The molecular weight excluding hydrogens is 290 g/mol. The summed E-state index contributed by atoms with van der Waals surface area (Å²) in [5.41, 5.74) is 2.23. The summed E-state index contributed by atoms with van der Waals surface area (Å²) in [6.07, 6.45) is 5.33. The number of hydrogen-bond donors (Lipinski definition) is 0. The highest BCUT2D eigenvalue weighted by Crippen LogP contribution is 2.12. The van der Waals surface area contributed by atoms with Crippen LogP contribution in [0.4, 0.5) is 0 Å². The fourth-order valence-electron chi connectivity index (χ4n) is 1.75. The third-order valence-electron chi connectivity index (χ3n) is 2.76. The molecule has 2 nitrogen and oxygen atoms in total. The second-order valence-corrected chi connectivity index (χ2v) is 5.11. The first-order valence-corrected chi connectivity index (χ1v) is 6.68. The molecule has 2 rings (SSSR count). The van der Waals surface area contributed by atoms with E-state index in [1.807, 2.05) is 36.4 Å². The Morgan fingerprint density at radius 1 is 1.00 bits per heavy atom. The Hall–Kier alpha value is -1.48. The number of aromatic nitrogens is 1. The number of aryl methyl sites for hydroxylation is 1. The fraction of sp³-hybridized carbons (Fsp3) is 0.200. The Morgan fingerprint density at radius 2 is 1.67 bits per heavy atom. The zero-order valence-electron chi connectivity index (χ0n) is 9.97. The minimum absolute atomic E-state index is 0.268. The van der Waals surface area contributed by atoms with Crippen LogP contribution in [-0.4, -0.2) is 10.8 Å². The van der Waals surface area contributed by atoms with Gasteiger partial charge in [-0.15, -0.1) is 0 Å². The third kappa shape index (κ3) is 4.08. The Kier molecular flexibility index (Phi) is 4.65. The summed E-state index contributed by atoms with van der Waals surface area (Å²) >= 11 is 3.40. The molecule has 0 bridgehead atoms. The maximum Gasteiger partial charge on any atom is 0.137 e. The predicted molar refractivity (Wildman–Crippen MR) is 75.4 cm³/mol. The van der Waals surface area contributed by atoms with Crippen LogP contribution in [0.3, 0.4) is 0 Å². The van der Waals surface area contributed by atoms with E-state index in [1.54, 1.807) is 12.4 Å². The molecule has 0 aliphatic rings. The lowest BCUT2D eigenvalue weighted by molar-refractivity contribution is -0.118. The van der Waals surface area contributed by atoms with Crippen molar-refractivity contribution in [3.8, 4) is 0 Å². The van der Waals surface area contributed by atoms with E-state index in [0.29, 0.717) is 12.8 Å². The van der Waals surface area contributed by atoms with Crippen molar-refractivity contribution in [2.45, 2.75) is 19.3 Å². The number of pyridine rings is 1. The summed E-state index contributed by atoms with van der Waals surface area (Å²) < 4.78 is 1.06. The molecule has 0 N–H and O–H groups in total. The maximum atomic E-state index is 11.8. The second kappa shape index (κ2) is 6.45. The fourth-order valence-corrected chi connectivity index (χ4v) is 2.02. The van der Waals surface area contributed by atoms with Crippen molar-refractivity contribution in [2.75, 3.05) is 0 Å². The third-order valence-corrected chi connectivity index (χ3v) is 3.29. The van der Waals surface area contributed by atoms with Gasteiger partial charge in [0.25, 0.3) is 0 Å². The molecule has 1 heterocycles. The topological polar surface area (TPSA) is 30.0 Å². The van der Waals surface area contributed by atoms with Gasteiger partial charge in [0, 0.05) is 29.7 Å². The summed E-state index contributed by atoms with van der Waals surface area (Å²) in [6, 6.07) is 11.9. The average Bonchev–Trinajstić information content (AvgIpc) is 2.39. The Balaban J connectivity index is 1.83. The van der Waals surface area contributed by atoms with Gasteiger partial charge >= 0.3 is 0 Å². The van der Waals surface area contributed by atoms with Crippen LogP contribution in [0.25, 0.3) is 0 Å². The molecule has 0 fully saturated rings. The lowest BCUT2D eigenvalue weighted by atomic mass is 10.0. The van der Waals surface area contributed by atoms with Gasteiger partial charge < -0.3 is 0 Å². The van der Waals surface area contributed by atoms with Gasteiger partial charge in [-0.05, 0) is 41.8 Å². The number of hydrogen-bond acceptors (Lipinski definition) is 2. The highest BCUT2D eigenvalue weighted by Gasteiger charge is 2.04. The SMILES string of the molecule is O=C(CCc1ccc(Br)cc1)Cc1ccncc1. The molecule has 0 atom stereocenters. The minimum atomic E-state index is 0.268. The molecule has 0 unspecified atom stereocenters. The van der Waals surface area contributed by atoms with E-state index >= 15 is 0 Å². The minimum Gasteiger partial charge on any atom is -0.299 e. The number of Topliss-reactive ketones (excluding diaryl/α,β-unsaturated/α-hetero) is 1. The van der Waals surface area contributed by atoms with Crippen LogP contribution in [0.5, 0.6) is 0 Å². The molecule has 0 aliphatic heterocycles. The van der Waals surface area contributed by atoms with Gasteiger partial charge in [0.2, 0.25) is 0 Å². The van der Waals surface area contributed by atoms with Crippen LogP contribution in [-0.2, 0) is 17.6 Å². The first kappa shape index (κ1) is 13.0. The van der Waals surface area contributed by atoms with E-state index in [1.165, 1.54) is 5.56 Å². The van der Waals surface area contributed by atoms with E-state index in [4.69, 9.17) is 0 Å². The van der Waals surface area contributed by atoms with Gasteiger partial charge in [-0.1, -0.05) is 28.1 Å². The lowest BCUT2D eigenvalue weighted by Gasteiger charge is -2.02. The molecule has 1 aromatic heterocycles. The van der Waals surface area contributed by atoms with Gasteiger partial charge in [0.1, 0.15) is 5.78 Å². The number of benzene rings is 1. The van der Waals surface area contributed by atoms with E-state index in [0.717, 1.165) is 16.5 Å². The first-order chi connectivity index (χ1) is 8.74. The van der Waals surface area contributed by atoms with Crippen LogP contribution < -0.4 is 0 Å². The van der Waals surface area contributed by atoms with Crippen LogP contribution >= 0.6 is 15.9 Å². The van der Waals surface area contributed by atoms with Gasteiger partial charge in [-0.2, -0.15) is 0 Å². The molecule has 92 valence electrons. The van der Waals surface area contributed by atoms with Crippen LogP contribution in [0, 0.1) is 0 Å². The molecule has 0 radical (unpaired) electrons. The average molecular weight is 304 g/mol. The second-order valence-electron chi connectivity index (χ2n) is 4.20. The van der Waals surface area contributed by atoms with E-state index in [9.17, 15) is 4.79 Å². The number of carbonyl (C=O) groups excluding carboxylic acids is 1. The van der Waals surface area contributed by atoms with Gasteiger partial charge in [0.05, 0.1) is 0 Å². The number of ketones is 1. The quantitative estimate of drug-likeness (QED) is 0.845. The Bertz CT molecular complexity index is 508.